The molecule has 0 atom stereocenters. The number of nitrogens with one attached hydrogen (secondary N) is 2. The molecule has 2 N–H and O–H groups in total. The summed E-state index contributed by atoms with van der Waals surface area (Å²) in [5.74, 6) is -1.18. The molecule has 0 unspecified atom stereocenters. The maximum absolute atomic E-state index is 13.3. The Balaban J connectivity index is 2.33. The summed E-state index contributed by atoms with van der Waals surface area (Å²) in [7, 11) is 1.53. The molecule has 5 nitrogen and oxygen atoms in total. The van der Waals surface area contributed by atoms with E-state index in [1.54, 1.807) is 18.2 Å². The number of carbonyl (C=O) groups is 2. The van der Waals surface area contributed by atoms with Gasteiger partial charge >= 0.3 is 0 Å². The van der Waals surface area contributed by atoms with Gasteiger partial charge in [-0.15, -0.1) is 0 Å². The fourth-order valence-electron chi connectivity index (χ4n) is 1.36. The van der Waals surface area contributed by atoms with Crippen molar-refractivity contribution in [2.24, 2.45) is 0 Å². The molecule has 0 aliphatic rings. The Morgan fingerprint density at radius 2 is 2.05 bits per heavy atom. The van der Waals surface area contributed by atoms with Crippen LogP contribution in [-0.2, 0) is 14.3 Å². The van der Waals surface area contributed by atoms with Crippen molar-refractivity contribution in [1.82, 2.24) is 10.6 Å². The van der Waals surface area contributed by atoms with Gasteiger partial charge in [0.05, 0.1) is 13.2 Å². The van der Waals surface area contributed by atoms with Crippen LogP contribution in [0, 0.1) is 5.82 Å². The van der Waals surface area contributed by atoms with Crippen LogP contribution in [0.2, 0.25) is 0 Å². The van der Waals surface area contributed by atoms with Gasteiger partial charge in [-0.25, -0.2) is 4.39 Å². The predicted molar refractivity (Wildman–Crippen MR) is 73.3 cm³/mol. The molecule has 0 spiro atoms. The Hall–Kier alpha value is -2.21. The van der Waals surface area contributed by atoms with Gasteiger partial charge in [-0.3, -0.25) is 9.59 Å². The van der Waals surface area contributed by atoms with Crippen LogP contribution >= 0.6 is 0 Å². The highest BCUT2D eigenvalue weighted by atomic mass is 19.1. The second-order valence-electron chi connectivity index (χ2n) is 3.92. The van der Waals surface area contributed by atoms with Crippen molar-refractivity contribution < 1.29 is 18.7 Å². The van der Waals surface area contributed by atoms with Gasteiger partial charge in [0, 0.05) is 25.3 Å². The normalized spacial score (nSPS) is 10.5. The molecule has 0 aliphatic heterocycles. The number of halogens is 1. The van der Waals surface area contributed by atoms with E-state index in [4.69, 9.17) is 4.74 Å². The van der Waals surface area contributed by atoms with E-state index < -0.39 is 11.7 Å². The first-order valence-electron chi connectivity index (χ1n) is 6.09. The minimum absolute atomic E-state index is 0.135. The summed E-state index contributed by atoms with van der Waals surface area (Å²) in [6.45, 7) is 0.660. The van der Waals surface area contributed by atoms with E-state index in [2.05, 4.69) is 10.6 Å². The number of methoxy groups -OCH3 is 1. The molecule has 0 aromatic heterocycles. The summed E-state index contributed by atoms with van der Waals surface area (Å²) in [5, 5.41) is 4.96. The van der Waals surface area contributed by atoms with E-state index >= 15 is 0 Å². The summed E-state index contributed by atoms with van der Waals surface area (Å²) in [4.78, 5) is 22.7. The minimum Gasteiger partial charge on any atom is -0.383 e. The van der Waals surface area contributed by atoms with Crippen LogP contribution in [0.25, 0.3) is 6.08 Å². The number of rotatable bonds is 7. The summed E-state index contributed by atoms with van der Waals surface area (Å²) >= 11 is 0. The molecule has 0 aliphatic carbocycles. The SMILES string of the molecule is COCCNC(=O)CNC(=O)/C=C/c1ccccc1F. The van der Waals surface area contributed by atoms with Crippen LogP contribution in [0.15, 0.2) is 30.3 Å². The second kappa shape index (κ2) is 8.82. The molecule has 0 bridgehead atoms. The van der Waals surface area contributed by atoms with Gasteiger partial charge in [-0.2, -0.15) is 0 Å². The van der Waals surface area contributed by atoms with Crippen LogP contribution in [0.4, 0.5) is 4.39 Å². The van der Waals surface area contributed by atoms with Crippen LogP contribution in [0.3, 0.4) is 0 Å². The Labute approximate surface area is 116 Å². The molecule has 2 amide bonds. The van der Waals surface area contributed by atoms with E-state index in [9.17, 15) is 14.0 Å². The third-order valence-electron chi connectivity index (χ3n) is 2.37. The molecule has 108 valence electrons. The summed E-state index contributed by atoms with van der Waals surface area (Å²) in [5.41, 5.74) is 0.312. The first-order valence-corrected chi connectivity index (χ1v) is 6.09. The zero-order valence-corrected chi connectivity index (χ0v) is 11.2. The monoisotopic (exact) mass is 280 g/mol. The standard InChI is InChI=1S/C14H17FN2O3/c1-20-9-8-16-14(19)10-17-13(18)7-6-11-4-2-3-5-12(11)15/h2-7H,8-10H2,1H3,(H,16,19)(H,17,18)/b7-6+. The lowest BCUT2D eigenvalue weighted by Gasteiger charge is -2.04. The lowest BCUT2D eigenvalue weighted by Crippen LogP contribution is -2.37. The predicted octanol–water partition coefficient (Wildman–Crippen LogP) is 0.718. The Morgan fingerprint density at radius 1 is 1.30 bits per heavy atom. The highest BCUT2D eigenvalue weighted by Crippen LogP contribution is 2.07. The van der Waals surface area contributed by atoms with Crippen molar-refractivity contribution >= 4 is 17.9 Å². The van der Waals surface area contributed by atoms with Crippen LogP contribution < -0.4 is 10.6 Å². The molecule has 1 aromatic carbocycles. The van der Waals surface area contributed by atoms with E-state index in [0.29, 0.717) is 18.7 Å². The molecule has 20 heavy (non-hydrogen) atoms. The molecule has 0 radical (unpaired) electrons. The smallest absolute Gasteiger partial charge is 0.244 e. The molecule has 1 aromatic rings. The van der Waals surface area contributed by atoms with E-state index in [1.165, 1.54) is 25.3 Å². The molecule has 1 rings (SSSR count). The zero-order valence-electron chi connectivity index (χ0n) is 11.2. The van der Waals surface area contributed by atoms with E-state index in [1.807, 2.05) is 0 Å². The number of hydrogen-bond donors (Lipinski definition) is 2. The van der Waals surface area contributed by atoms with Crippen LogP contribution in [-0.4, -0.2) is 38.6 Å². The van der Waals surface area contributed by atoms with Gasteiger partial charge in [-0.05, 0) is 12.1 Å². The first kappa shape index (κ1) is 15.8. The topological polar surface area (TPSA) is 67.4 Å². The Bertz CT molecular complexity index is 489. The molecule has 0 fully saturated rings. The van der Waals surface area contributed by atoms with Gasteiger partial charge in [0.2, 0.25) is 11.8 Å². The highest BCUT2D eigenvalue weighted by molar-refractivity contribution is 5.94. The van der Waals surface area contributed by atoms with E-state index in [0.717, 1.165) is 0 Å². The second-order valence-corrected chi connectivity index (χ2v) is 3.92. The number of benzene rings is 1. The lowest BCUT2D eigenvalue weighted by molar-refractivity contribution is -0.124. The average Bonchev–Trinajstić information content (AvgIpc) is 2.44. The maximum atomic E-state index is 13.3. The molecular formula is C14H17FN2O3. The van der Waals surface area contributed by atoms with Gasteiger partial charge in [0.25, 0.3) is 0 Å². The van der Waals surface area contributed by atoms with Crippen molar-refractivity contribution in [3.05, 3.63) is 41.7 Å². The highest BCUT2D eigenvalue weighted by Gasteiger charge is 2.02. The van der Waals surface area contributed by atoms with Crippen molar-refractivity contribution in [2.45, 2.75) is 0 Å². The Morgan fingerprint density at radius 3 is 2.75 bits per heavy atom. The first-order chi connectivity index (χ1) is 9.63. The summed E-state index contributed by atoms with van der Waals surface area (Å²) in [6.07, 6.45) is 2.54. The third-order valence-corrected chi connectivity index (χ3v) is 2.37. The maximum Gasteiger partial charge on any atom is 0.244 e. The lowest BCUT2D eigenvalue weighted by atomic mass is 10.2. The number of amides is 2. The van der Waals surface area contributed by atoms with Crippen LogP contribution in [0.1, 0.15) is 5.56 Å². The third kappa shape index (κ3) is 6.10. The van der Waals surface area contributed by atoms with Crippen molar-refractivity contribution in [1.29, 1.82) is 0 Å². The molecular weight excluding hydrogens is 263 g/mol. The fraction of sp³-hybridized carbons (Fsp3) is 0.286. The number of carbonyl (C=O) groups excluding carboxylic acids is 2. The van der Waals surface area contributed by atoms with Gasteiger partial charge in [0.15, 0.2) is 0 Å². The van der Waals surface area contributed by atoms with Crippen molar-refractivity contribution in [3.8, 4) is 0 Å². The van der Waals surface area contributed by atoms with Gasteiger partial charge < -0.3 is 15.4 Å². The van der Waals surface area contributed by atoms with Crippen molar-refractivity contribution in [3.63, 3.8) is 0 Å². The van der Waals surface area contributed by atoms with Gasteiger partial charge in [0.1, 0.15) is 5.82 Å². The van der Waals surface area contributed by atoms with Crippen molar-refractivity contribution in [2.75, 3.05) is 26.8 Å². The van der Waals surface area contributed by atoms with E-state index in [-0.39, 0.29) is 12.5 Å². The van der Waals surface area contributed by atoms with Crippen LogP contribution in [0.5, 0.6) is 0 Å². The summed E-state index contributed by atoms with van der Waals surface area (Å²) < 4.78 is 18.0. The number of hydrogen-bond acceptors (Lipinski definition) is 3. The largest absolute Gasteiger partial charge is 0.383 e. The molecule has 6 heteroatoms. The molecule has 0 saturated carbocycles. The molecule has 0 heterocycles. The zero-order chi connectivity index (χ0) is 14.8. The molecule has 0 saturated heterocycles. The van der Waals surface area contributed by atoms with Gasteiger partial charge in [-0.1, -0.05) is 18.2 Å². The summed E-state index contributed by atoms with van der Waals surface area (Å²) in [6, 6.07) is 6.10. The fourth-order valence-corrected chi connectivity index (χ4v) is 1.36. The quantitative estimate of drug-likeness (QED) is 0.571. The number of ether oxygens (including phenoxy) is 1. The minimum atomic E-state index is -0.463. The average molecular weight is 280 g/mol. The Kier molecular flexibility index (Phi) is 6.99.